The molecule has 5 N–H and O–H groups in total. The largest absolute Gasteiger partial charge is 0.488 e. The number of hydrogen-bond acceptors (Lipinski definition) is 14. The predicted molar refractivity (Wildman–Crippen MR) is 249 cm³/mol. The fourth-order valence-electron chi connectivity index (χ4n) is 9.48. The molecule has 18 nitrogen and oxygen atoms in total. The van der Waals surface area contributed by atoms with Crippen molar-refractivity contribution in [2.45, 2.75) is 153 Å². The number of benzene rings is 2. The van der Waals surface area contributed by atoms with Crippen LogP contribution in [-0.2, 0) is 12.8 Å². The molecule has 0 radical (unpaired) electrons. The zero-order valence-electron chi connectivity index (χ0n) is 39.1. The second kappa shape index (κ2) is 16.9. The number of aliphatic hydroxyl groups is 3. The Hall–Kier alpha value is -6.50. The Kier molecular flexibility index (Phi) is 11.3. The number of carbonyl (C=O) groups excluding carboxylic acids is 2. The van der Waals surface area contributed by atoms with Crippen LogP contribution in [0.3, 0.4) is 0 Å². The minimum absolute atomic E-state index is 0.155. The maximum absolute atomic E-state index is 14.1. The van der Waals surface area contributed by atoms with Crippen molar-refractivity contribution in [1.82, 2.24) is 29.2 Å². The third-order valence-corrected chi connectivity index (χ3v) is 14.4. The zero-order valence-corrected chi connectivity index (χ0v) is 39.1. The summed E-state index contributed by atoms with van der Waals surface area (Å²) in [5, 5.41) is 47.0. The second-order valence-corrected chi connectivity index (χ2v) is 20.2. The lowest BCUT2D eigenvalue weighted by Crippen LogP contribution is -2.51. The van der Waals surface area contributed by atoms with Crippen LogP contribution >= 0.6 is 0 Å². The molecule has 0 saturated heterocycles. The molecular weight excluding hydrogens is 873 g/mol. The highest BCUT2D eigenvalue weighted by Crippen LogP contribution is 2.47. The molecule has 0 spiro atoms. The Labute approximate surface area is 392 Å². The molecule has 2 aromatic carbocycles. The van der Waals surface area contributed by atoms with Gasteiger partial charge in [-0.2, -0.15) is 14.7 Å². The van der Waals surface area contributed by atoms with Crippen molar-refractivity contribution in [2.24, 2.45) is 0 Å². The fourth-order valence-corrected chi connectivity index (χ4v) is 9.48. The molecule has 68 heavy (non-hydrogen) atoms. The minimum Gasteiger partial charge on any atom is -0.488 e. The molecule has 6 aromatic rings. The summed E-state index contributed by atoms with van der Waals surface area (Å²) in [4.78, 5) is 36.7. The van der Waals surface area contributed by atoms with Gasteiger partial charge >= 0.3 is 0 Å². The normalized spacial score (nSPS) is 24.7. The number of carbonyl (C=O) groups is 2. The van der Waals surface area contributed by atoms with Gasteiger partial charge in [-0.3, -0.25) is 9.59 Å². The maximum Gasteiger partial charge on any atom is 0.261 e. The highest BCUT2D eigenvalue weighted by atomic mass is 16.5. The number of nitrogens with zero attached hydrogens (tertiary/aromatic N) is 6. The number of rotatable bonds is 12. The summed E-state index contributed by atoms with van der Waals surface area (Å²) in [5.74, 6) is 1.64. The van der Waals surface area contributed by atoms with Crippen molar-refractivity contribution in [3.63, 3.8) is 0 Å². The monoisotopic (exact) mass is 930 g/mol. The topological polar surface area (TPSA) is 225 Å². The van der Waals surface area contributed by atoms with Crippen LogP contribution in [0.2, 0.25) is 0 Å². The van der Waals surface area contributed by atoms with Gasteiger partial charge in [0.1, 0.15) is 51.4 Å². The Morgan fingerprint density at radius 2 is 1.18 bits per heavy atom. The molecule has 10 rings (SSSR count). The number of fused-ring (bicyclic) bond motifs is 4. The van der Waals surface area contributed by atoms with Gasteiger partial charge in [-0.15, -0.1) is 0 Å². The van der Waals surface area contributed by atoms with Crippen LogP contribution in [-0.4, -0.2) is 103 Å². The molecule has 4 aliphatic rings. The maximum atomic E-state index is 14.1. The first-order chi connectivity index (χ1) is 32.3. The van der Waals surface area contributed by atoms with E-state index in [4.69, 9.17) is 23.7 Å². The SMILES string of the molecule is CC(C)(O)[C@@]1(C)Cc2cc(NC(=O)c3cnn4c(O[C@H]5CC[C@@H](Oc6cc7c(cc6NC(=O)c6cnn8cccnc68)C[C@@](C)(C(C)(C)O)O7)CC5)ccnc34)c(O[C@H]3CC[C@@H](O)CC3)cc2O1. The Bertz CT molecular complexity index is 2910. The minimum atomic E-state index is -1.15. The van der Waals surface area contributed by atoms with Crippen molar-refractivity contribution in [3.05, 3.63) is 89.6 Å². The van der Waals surface area contributed by atoms with E-state index in [9.17, 15) is 24.9 Å². The van der Waals surface area contributed by atoms with Crippen molar-refractivity contribution in [3.8, 4) is 28.9 Å². The summed E-state index contributed by atoms with van der Waals surface area (Å²) >= 11 is 0. The summed E-state index contributed by atoms with van der Waals surface area (Å²) in [5.41, 5.74) is -0.220. The quantitative estimate of drug-likeness (QED) is 0.0866. The first-order valence-electron chi connectivity index (χ1n) is 23.4. The van der Waals surface area contributed by atoms with Crippen LogP contribution in [0.4, 0.5) is 11.4 Å². The molecule has 6 heterocycles. The van der Waals surface area contributed by atoms with E-state index < -0.39 is 34.2 Å². The van der Waals surface area contributed by atoms with Gasteiger partial charge in [-0.05, 0) is 111 Å². The number of aromatic nitrogens is 6. The molecular formula is C50H58N8O10. The van der Waals surface area contributed by atoms with Crippen LogP contribution in [0, 0.1) is 0 Å². The van der Waals surface area contributed by atoms with Gasteiger partial charge in [-0.1, -0.05) is 0 Å². The van der Waals surface area contributed by atoms with E-state index in [-0.39, 0.29) is 30.0 Å². The summed E-state index contributed by atoms with van der Waals surface area (Å²) in [6.07, 6.45) is 13.0. The van der Waals surface area contributed by atoms with Gasteiger partial charge in [0.15, 0.2) is 11.3 Å². The van der Waals surface area contributed by atoms with Crippen LogP contribution < -0.4 is 34.3 Å². The molecule has 0 unspecified atom stereocenters. The van der Waals surface area contributed by atoms with E-state index in [1.54, 1.807) is 70.6 Å². The lowest BCUT2D eigenvalue weighted by molar-refractivity contribution is -0.0901. The highest BCUT2D eigenvalue weighted by molar-refractivity contribution is 6.09. The standard InChI is InChI=1S/C50H58N8O10/c1-47(2,62)49(5)24-28-20-36(55-45(60)34-26-53-57-19-7-17-51-43(34)57)41(23-39(28)68-49)65-32-12-14-33(15-13-32)66-42-16-18-52-44-35(27-54-58(42)44)46(61)56-37-21-29-25-50(6,48(3,4)63)67-38(29)22-40(37)64-31-10-8-30(59)9-11-31/h7,16-23,26-27,30-33,59,62-63H,8-15,24-25H2,1-6H3,(H,55,60)(H,56,61)/t30-,31+,32-,33+,49-,50+/m0/s1. The Morgan fingerprint density at radius 3 is 1.72 bits per heavy atom. The number of nitrogens with one attached hydrogen (secondary N) is 2. The molecule has 358 valence electrons. The predicted octanol–water partition coefficient (Wildman–Crippen LogP) is 6.66. The van der Waals surface area contributed by atoms with E-state index in [1.807, 2.05) is 26.0 Å². The summed E-state index contributed by atoms with van der Waals surface area (Å²) in [6.45, 7) is 10.6. The van der Waals surface area contributed by atoms with Crippen LogP contribution in [0.15, 0.2) is 67.4 Å². The molecule has 2 atom stereocenters. The summed E-state index contributed by atoms with van der Waals surface area (Å²) in [7, 11) is 0. The van der Waals surface area contributed by atoms with E-state index >= 15 is 0 Å². The van der Waals surface area contributed by atoms with Crippen molar-refractivity contribution in [2.75, 3.05) is 10.6 Å². The lowest BCUT2D eigenvalue weighted by atomic mass is 9.84. The molecule has 2 aliphatic heterocycles. The van der Waals surface area contributed by atoms with Crippen molar-refractivity contribution in [1.29, 1.82) is 0 Å². The van der Waals surface area contributed by atoms with E-state index in [1.165, 1.54) is 21.4 Å². The first kappa shape index (κ1) is 45.3. The zero-order chi connectivity index (χ0) is 47.8. The summed E-state index contributed by atoms with van der Waals surface area (Å²) in [6, 6.07) is 10.7. The number of anilines is 2. The highest BCUT2D eigenvalue weighted by Gasteiger charge is 2.48. The van der Waals surface area contributed by atoms with E-state index in [0.717, 1.165) is 11.1 Å². The average Bonchev–Trinajstić information content (AvgIpc) is 4.08. The number of amides is 2. The lowest BCUT2D eigenvalue weighted by Gasteiger charge is -2.36. The van der Waals surface area contributed by atoms with Gasteiger partial charge in [0.25, 0.3) is 11.8 Å². The van der Waals surface area contributed by atoms with Gasteiger partial charge in [0.2, 0.25) is 5.88 Å². The van der Waals surface area contributed by atoms with E-state index in [2.05, 4.69) is 30.8 Å². The van der Waals surface area contributed by atoms with Crippen LogP contribution in [0.5, 0.6) is 28.9 Å². The first-order valence-corrected chi connectivity index (χ1v) is 23.4. The fraction of sp³-hybridized carbons (Fsp3) is 0.480. The van der Waals surface area contributed by atoms with Gasteiger partial charge < -0.3 is 49.6 Å². The smallest absolute Gasteiger partial charge is 0.261 e. The van der Waals surface area contributed by atoms with Gasteiger partial charge in [0.05, 0.1) is 53.3 Å². The van der Waals surface area contributed by atoms with Crippen LogP contribution in [0.25, 0.3) is 11.3 Å². The molecule has 18 heteroatoms. The average molecular weight is 931 g/mol. The van der Waals surface area contributed by atoms with E-state index in [0.29, 0.717) is 121 Å². The molecule has 2 amide bonds. The molecule has 2 fully saturated rings. The van der Waals surface area contributed by atoms with Crippen LogP contribution in [0.1, 0.15) is 125 Å². The number of ether oxygens (including phenoxy) is 5. The van der Waals surface area contributed by atoms with Gasteiger partial charge in [-0.25, -0.2) is 14.5 Å². The van der Waals surface area contributed by atoms with Gasteiger partial charge in [0, 0.05) is 60.8 Å². The van der Waals surface area contributed by atoms with Crippen molar-refractivity contribution < 1.29 is 48.6 Å². The molecule has 2 saturated carbocycles. The molecule has 0 bridgehead atoms. The molecule has 4 aromatic heterocycles. The Morgan fingerprint density at radius 1 is 0.691 bits per heavy atom. The number of aliphatic hydroxyl groups excluding tert-OH is 1. The third-order valence-electron chi connectivity index (χ3n) is 14.4. The molecule has 2 aliphatic carbocycles. The van der Waals surface area contributed by atoms with Crippen molar-refractivity contribution >= 4 is 34.5 Å². The summed E-state index contributed by atoms with van der Waals surface area (Å²) < 4.78 is 35.4. The number of hydrogen-bond donors (Lipinski definition) is 5. The second-order valence-electron chi connectivity index (χ2n) is 20.2. The Balaban J connectivity index is 0.832. The third kappa shape index (κ3) is 8.53.